The fourth-order valence-electron chi connectivity index (χ4n) is 1.99. The molecule has 0 bridgehead atoms. The number of hydrogen-bond acceptors (Lipinski definition) is 3. The minimum absolute atomic E-state index is 0.335. The molecule has 3 nitrogen and oxygen atoms in total. The van der Waals surface area contributed by atoms with E-state index < -0.39 is 0 Å². The molecule has 0 aliphatic carbocycles. The molecular formula is C15H18BrN3. The number of halogens is 1. The monoisotopic (exact) mass is 319 g/mol. The van der Waals surface area contributed by atoms with E-state index in [4.69, 9.17) is 5.73 Å². The summed E-state index contributed by atoms with van der Waals surface area (Å²) in [5.74, 6) is 1.55. The standard InChI is InChI=1S/C15H18BrN3/c1-8(2)12-7-13(17)19-15(18-12)11-5-9(3)14(16)10(4)6-11/h5-8H,1-4H3,(H2,17,18,19). The van der Waals surface area contributed by atoms with Gasteiger partial charge >= 0.3 is 0 Å². The van der Waals surface area contributed by atoms with Crippen LogP contribution >= 0.6 is 15.9 Å². The van der Waals surface area contributed by atoms with E-state index in [-0.39, 0.29) is 0 Å². The van der Waals surface area contributed by atoms with E-state index in [1.165, 1.54) is 11.1 Å². The maximum absolute atomic E-state index is 5.88. The fourth-order valence-corrected chi connectivity index (χ4v) is 2.21. The van der Waals surface area contributed by atoms with Crippen molar-refractivity contribution in [3.63, 3.8) is 0 Å². The number of anilines is 1. The third-order valence-electron chi connectivity index (χ3n) is 3.05. The van der Waals surface area contributed by atoms with Crippen molar-refractivity contribution < 1.29 is 0 Å². The van der Waals surface area contributed by atoms with Crippen molar-refractivity contribution in [1.82, 2.24) is 9.97 Å². The lowest BCUT2D eigenvalue weighted by atomic mass is 10.1. The molecule has 1 aromatic carbocycles. The van der Waals surface area contributed by atoms with Gasteiger partial charge in [-0.05, 0) is 43.0 Å². The largest absolute Gasteiger partial charge is 0.384 e. The Balaban J connectivity index is 2.59. The van der Waals surface area contributed by atoms with Crippen molar-refractivity contribution >= 4 is 21.7 Å². The second-order valence-corrected chi connectivity index (χ2v) is 5.91. The highest BCUT2D eigenvalue weighted by Gasteiger charge is 2.10. The first-order valence-electron chi connectivity index (χ1n) is 6.30. The van der Waals surface area contributed by atoms with Gasteiger partial charge in [0.1, 0.15) is 5.82 Å². The molecule has 4 heteroatoms. The maximum Gasteiger partial charge on any atom is 0.161 e. The number of nitrogens with two attached hydrogens (primary N) is 1. The molecule has 1 aromatic heterocycles. The van der Waals surface area contributed by atoms with Gasteiger partial charge < -0.3 is 5.73 Å². The first-order valence-corrected chi connectivity index (χ1v) is 7.09. The molecule has 0 radical (unpaired) electrons. The zero-order chi connectivity index (χ0) is 14.2. The van der Waals surface area contributed by atoms with Crippen molar-refractivity contribution in [2.75, 3.05) is 5.73 Å². The van der Waals surface area contributed by atoms with Gasteiger partial charge in [0, 0.05) is 21.8 Å². The molecule has 0 aliphatic heterocycles. The Kier molecular flexibility index (Phi) is 3.90. The van der Waals surface area contributed by atoms with E-state index in [0.717, 1.165) is 15.7 Å². The van der Waals surface area contributed by atoms with Gasteiger partial charge in [0.2, 0.25) is 0 Å². The second-order valence-electron chi connectivity index (χ2n) is 5.12. The van der Waals surface area contributed by atoms with Gasteiger partial charge in [0.15, 0.2) is 5.82 Å². The Morgan fingerprint density at radius 3 is 2.16 bits per heavy atom. The first-order chi connectivity index (χ1) is 8.88. The number of rotatable bonds is 2. The third kappa shape index (κ3) is 2.95. The van der Waals surface area contributed by atoms with E-state index in [1.54, 1.807) is 0 Å². The lowest BCUT2D eigenvalue weighted by molar-refractivity contribution is 0.818. The van der Waals surface area contributed by atoms with Gasteiger partial charge in [-0.15, -0.1) is 0 Å². The zero-order valence-corrected chi connectivity index (χ0v) is 13.2. The van der Waals surface area contributed by atoms with Crippen LogP contribution in [0.2, 0.25) is 0 Å². The summed E-state index contributed by atoms with van der Waals surface area (Å²) in [7, 11) is 0. The average Bonchev–Trinajstić information content (AvgIpc) is 2.34. The van der Waals surface area contributed by atoms with E-state index in [9.17, 15) is 0 Å². The van der Waals surface area contributed by atoms with Gasteiger partial charge in [0.05, 0.1) is 0 Å². The van der Waals surface area contributed by atoms with Crippen molar-refractivity contribution in [2.24, 2.45) is 0 Å². The molecule has 1 heterocycles. The predicted molar refractivity (Wildman–Crippen MR) is 83.1 cm³/mol. The molecule has 2 rings (SSSR count). The molecule has 0 spiro atoms. The number of hydrogen-bond donors (Lipinski definition) is 1. The molecule has 0 saturated heterocycles. The van der Waals surface area contributed by atoms with Crippen LogP contribution in [0.5, 0.6) is 0 Å². The summed E-state index contributed by atoms with van der Waals surface area (Å²) in [5, 5.41) is 0. The van der Waals surface area contributed by atoms with Crippen LogP contribution < -0.4 is 5.73 Å². The highest BCUT2D eigenvalue weighted by atomic mass is 79.9. The highest BCUT2D eigenvalue weighted by molar-refractivity contribution is 9.10. The van der Waals surface area contributed by atoms with Gasteiger partial charge in [-0.2, -0.15) is 0 Å². The molecular weight excluding hydrogens is 302 g/mol. The van der Waals surface area contributed by atoms with Crippen molar-refractivity contribution in [1.29, 1.82) is 0 Å². The topological polar surface area (TPSA) is 51.8 Å². The Bertz CT molecular complexity index is 598. The van der Waals surface area contributed by atoms with Crippen LogP contribution in [-0.2, 0) is 0 Å². The highest BCUT2D eigenvalue weighted by Crippen LogP contribution is 2.28. The van der Waals surface area contributed by atoms with Crippen molar-refractivity contribution in [2.45, 2.75) is 33.6 Å². The minimum Gasteiger partial charge on any atom is -0.384 e. The van der Waals surface area contributed by atoms with Crippen LogP contribution in [0.3, 0.4) is 0 Å². The summed E-state index contributed by atoms with van der Waals surface area (Å²) in [5.41, 5.74) is 10.2. The normalized spacial score (nSPS) is 11.1. The van der Waals surface area contributed by atoms with E-state index in [0.29, 0.717) is 17.6 Å². The summed E-state index contributed by atoms with van der Waals surface area (Å²) in [6.45, 7) is 8.33. The van der Waals surface area contributed by atoms with Crippen LogP contribution in [0.25, 0.3) is 11.4 Å². The second kappa shape index (κ2) is 5.29. The molecule has 2 N–H and O–H groups in total. The van der Waals surface area contributed by atoms with E-state index in [1.807, 2.05) is 6.07 Å². The van der Waals surface area contributed by atoms with Gasteiger partial charge in [-0.1, -0.05) is 29.8 Å². The van der Waals surface area contributed by atoms with E-state index >= 15 is 0 Å². The van der Waals surface area contributed by atoms with Crippen LogP contribution in [0.1, 0.15) is 36.6 Å². The zero-order valence-electron chi connectivity index (χ0n) is 11.7. The predicted octanol–water partition coefficient (Wildman–Crippen LogP) is 4.23. The third-order valence-corrected chi connectivity index (χ3v) is 4.30. The molecule has 100 valence electrons. The number of nitrogen functional groups attached to an aromatic ring is 1. The van der Waals surface area contributed by atoms with Gasteiger partial charge in [-0.25, -0.2) is 9.97 Å². The molecule has 0 amide bonds. The minimum atomic E-state index is 0.335. The number of nitrogens with zero attached hydrogens (tertiary/aromatic N) is 2. The number of aryl methyl sites for hydroxylation is 2. The molecule has 19 heavy (non-hydrogen) atoms. The van der Waals surface area contributed by atoms with Crippen LogP contribution in [0, 0.1) is 13.8 Å². The summed E-state index contributed by atoms with van der Waals surface area (Å²) in [6.07, 6.45) is 0. The van der Waals surface area contributed by atoms with Crippen LogP contribution in [0.15, 0.2) is 22.7 Å². The Hall–Kier alpha value is -1.42. The molecule has 0 aliphatic rings. The summed E-state index contributed by atoms with van der Waals surface area (Å²) < 4.78 is 1.13. The number of aromatic nitrogens is 2. The summed E-state index contributed by atoms with van der Waals surface area (Å²) in [4.78, 5) is 8.96. The maximum atomic E-state index is 5.88. The van der Waals surface area contributed by atoms with Crippen molar-refractivity contribution in [3.8, 4) is 11.4 Å². The van der Waals surface area contributed by atoms with Gasteiger partial charge in [0.25, 0.3) is 0 Å². The molecule has 0 fully saturated rings. The smallest absolute Gasteiger partial charge is 0.161 e. The van der Waals surface area contributed by atoms with Crippen molar-refractivity contribution in [3.05, 3.63) is 39.5 Å². The van der Waals surface area contributed by atoms with Crippen LogP contribution in [-0.4, -0.2) is 9.97 Å². The molecule has 0 atom stereocenters. The Labute approximate surface area is 122 Å². The molecule has 0 saturated carbocycles. The van der Waals surface area contributed by atoms with Crippen LogP contribution in [0.4, 0.5) is 5.82 Å². The summed E-state index contributed by atoms with van der Waals surface area (Å²) >= 11 is 3.57. The lowest BCUT2D eigenvalue weighted by Gasteiger charge is -2.10. The number of benzene rings is 1. The fraction of sp³-hybridized carbons (Fsp3) is 0.333. The first kappa shape index (κ1) is 14.0. The van der Waals surface area contributed by atoms with Gasteiger partial charge in [-0.3, -0.25) is 0 Å². The Morgan fingerprint density at radius 1 is 1.05 bits per heavy atom. The average molecular weight is 320 g/mol. The van der Waals surface area contributed by atoms with E-state index in [2.05, 4.69) is 65.7 Å². The lowest BCUT2D eigenvalue weighted by Crippen LogP contribution is -2.02. The molecule has 2 aromatic rings. The summed E-state index contributed by atoms with van der Waals surface area (Å²) in [6, 6.07) is 6.00. The SMILES string of the molecule is Cc1cc(-c2nc(N)cc(C(C)C)n2)cc(C)c1Br. The molecule has 0 unspecified atom stereocenters. The Morgan fingerprint density at radius 2 is 1.63 bits per heavy atom. The quantitative estimate of drug-likeness (QED) is 0.901.